The quantitative estimate of drug-likeness (QED) is 0.383. The van der Waals surface area contributed by atoms with Crippen LogP contribution in [0.5, 0.6) is 0 Å². The van der Waals surface area contributed by atoms with E-state index < -0.39 is 11.3 Å². The van der Waals surface area contributed by atoms with E-state index in [4.69, 9.17) is 0 Å². The Morgan fingerprint density at radius 3 is 1.57 bits per heavy atom. The summed E-state index contributed by atoms with van der Waals surface area (Å²) < 4.78 is 0. The number of hydrogen-bond donors (Lipinski definition) is 2. The van der Waals surface area contributed by atoms with Crippen LogP contribution in [0.15, 0.2) is 84.9 Å². The zero-order valence-electron chi connectivity index (χ0n) is 21.6. The molecule has 1 aliphatic rings. The van der Waals surface area contributed by atoms with Crippen LogP contribution in [0.2, 0.25) is 0 Å². The van der Waals surface area contributed by atoms with Gasteiger partial charge in [0.1, 0.15) is 11.3 Å². The lowest BCUT2D eigenvalue weighted by Crippen LogP contribution is -2.49. The number of piperidine rings is 1. The van der Waals surface area contributed by atoms with E-state index in [-0.39, 0.29) is 5.41 Å². The van der Waals surface area contributed by atoms with Crippen LogP contribution in [0.1, 0.15) is 81.5 Å². The summed E-state index contributed by atoms with van der Waals surface area (Å²) in [5.74, 6) is 0. The molecule has 1 saturated heterocycles. The van der Waals surface area contributed by atoms with Crippen molar-refractivity contribution in [3.63, 3.8) is 0 Å². The van der Waals surface area contributed by atoms with Crippen LogP contribution >= 0.6 is 0 Å². The molecule has 1 heterocycles. The third-order valence-electron chi connectivity index (χ3n) is 7.66. The summed E-state index contributed by atoms with van der Waals surface area (Å²) in [6.45, 7) is 8.45. The maximum Gasteiger partial charge on any atom is 0.144 e. The Labute approximate surface area is 211 Å². The Morgan fingerprint density at radius 2 is 1.09 bits per heavy atom. The van der Waals surface area contributed by atoms with Crippen LogP contribution in [-0.4, -0.2) is 28.2 Å². The number of likely N-dealkylation sites (tertiary alicyclic amines) is 1. The van der Waals surface area contributed by atoms with E-state index >= 15 is 0 Å². The van der Waals surface area contributed by atoms with Gasteiger partial charge in [-0.05, 0) is 59.8 Å². The van der Waals surface area contributed by atoms with E-state index in [0.717, 1.165) is 42.6 Å². The van der Waals surface area contributed by atoms with E-state index in [1.54, 1.807) is 0 Å². The summed E-state index contributed by atoms with van der Waals surface area (Å²) in [5, 5.41) is 24.1. The van der Waals surface area contributed by atoms with Crippen molar-refractivity contribution in [2.24, 2.45) is 0 Å². The molecule has 186 valence electrons. The molecular weight excluding hydrogens is 430 g/mol. The van der Waals surface area contributed by atoms with Gasteiger partial charge < -0.3 is 10.2 Å². The van der Waals surface area contributed by atoms with Gasteiger partial charge >= 0.3 is 0 Å². The third kappa shape index (κ3) is 5.69. The summed E-state index contributed by atoms with van der Waals surface area (Å²) >= 11 is 0. The molecule has 3 nitrogen and oxygen atoms in total. The number of benzene rings is 3. The minimum absolute atomic E-state index is 0.0730. The summed E-state index contributed by atoms with van der Waals surface area (Å²) in [6, 6.07) is 28.4. The Kier molecular flexibility index (Phi) is 7.80. The third-order valence-corrected chi connectivity index (χ3v) is 7.66. The molecule has 0 bridgehead atoms. The van der Waals surface area contributed by atoms with Crippen LogP contribution in [0.25, 0.3) is 0 Å². The van der Waals surface area contributed by atoms with Crippen molar-refractivity contribution in [2.45, 2.75) is 76.0 Å². The molecule has 3 heteroatoms. The highest BCUT2D eigenvalue weighted by Gasteiger charge is 2.38. The Balaban J connectivity index is 1.61. The van der Waals surface area contributed by atoms with Crippen LogP contribution < -0.4 is 0 Å². The van der Waals surface area contributed by atoms with Crippen molar-refractivity contribution in [1.29, 1.82) is 0 Å². The minimum atomic E-state index is -1.10. The summed E-state index contributed by atoms with van der Waals surface area (Å²) in [5.41, 5.74) is 1.94. The smallest absolute Gasteiger partial charge is 0.144 e. The largest absolute Gasteiger partial charge is 0.380 e. The molecule has 0 amide bonds. The Bertz CT molecular complexity index is 1010. The van der Waals surface area contributed by atoms with Crippen LogP contribution in [0, 0.1) is 0 Å². The van der Waals surface area contributed by atoms with E-state index in [1.165, 1.54) is 12.0 Å². The molecule has 0 aromatic heterocycles. The van der Waals surface area contributed by atoms with Crippen molar-refractivity contribution in [2.75, 3.05) is 13.1 Å². The van der Waals surface area contributed by atoms with Gasteiger partial charge in [-0.3, -0.25) is 4.90 Å². The predicted octanol–water partition coefficient (Wildman–Crippen LogP) is 6.72. The fraction of sp³-hybridized carbons (Fsp3) is 0.438. The van der Waals surface area contributed by atoms with Gasteiger partial charge in [0.25, 0.3) is 0 Å². The van der Waals surface area contributed by atoms with Crippen LogP contribution in [0.3, 0.4) is 0 Å². The first kappa shape index (κ1) is 25.6. The Hall–Kier alpha value is -2.46. The predicted molar refractivity (Wildman–Crippen MR) is 144 cm³/mol. The van der Waals surface area contributed by atoms with Crippen molar-refractivity contribution >= 4 is 0 Å². The maximum atomic E-state index is 12.2. The monoisotopic (exact) mass is 471 g/mol. The van der Waals surface area contributed by atoms with Crippen molar-refractivity contribution in [3.8, 4) is 0 Å². The number of nitrogens with zero attached hydrogens (tertiary/aromatic N) is 1. The van der Waals surface area contributed by atoms with Crippen molar-refractivity contribution in [3.05, 3.63) is 107 Å². The summed E-state index contributed by atoms with van der Waals surface area (Å²) in [7, 11) is 0. The highest BCUT2D eigenvalue weighted by molar-refractivity contribution is 5.36. The molecule has 1 fully saturated rings. The lowest BCUT2D eigenvalue weighted by atomic mass is 9.80. The summed E-state index contributed by atoms with van der Waals surface area (Å²) in [6.07, 6.45) is 5.24. The number of hydrogen-bond acceptors (Lipinski definition) is 3. The van der Waals surface area contributed by atoms with E-state index in [0.29, 0.717) is 19.3 Å². The van der Waals surface area contributed by atoms with Gasteiger partial charge in [0.15, 0.2) is 0 Å². The number of aliphatic hydroxyl groups is 2. The molecule has 2 N–H and O–H groups in total. The molecule has 35 heavy (non-hydrogen) atoms. The first-order valence-electron chi connectivity index (χ1n) is 13.2. The molecule has 0 radical (unpaired) electrons. The van der Waals surface area contributed by atoms with Gasteiger partial charge in [-0.15, -0.1) is 0 Å². The normalized spacial score (nSPS) is 17.2. The highest BCUT2D eigenvalue weighted by atomic mass is 16.3. The molecular formula is C32H41NO2. The topological polar surface area (TPSA) is 43.7 Å². The zero-order valence-corrected chi connectivity index (χ0v) is 21.6. The van der Waals surface area contributed by atoms with Gasteiger partial charge in [0.2, 0.25) is 0 Å². The maximum absolute atomic E-state index is 12.2. The fourth-order valence-corrected chi connectivity index (χ4v) is 5.46. The van der Waals surface area contributed by atoms with Gasteiger partial charge in [0, 0.05) is 13.1 Å². The van der Waals surface area contributed by atoms with Crippen LogP contribution in [-0.2, 0) is 16.7 Å². The molecule has 0 spiro atoms. The second kappa shape index (κ2) is 10.7. The fourth-order valence-electron chi connectivity index (χ4n) is 5.46. The molecule has 0 aliphatic carbocycles. The van der Waals surface area contributed by atoms with Crippen molar-refractivity contribution < 1.29 is 10.2 Å². The molecule has 0 saturated carbocycles. The van der Waals surface area contributed by atoms with E-state index in [9.17, 15) is 10.2 Å². The second-order valence-electron chi connectivity index (χ2n) is 11.1. The summed E-state index contributed by atoms with van der Waals surface area (Å²) in [4.78, 5) is 2.26. The SMILES string of the molecule is CC(C)(C)c1ccc([C@@](O)(CCCC(O)(c2ccccc2)c2ccccc2)N2CCCCC2)cc1. The highest BCUT2D eigenvalue weighted by Crippen LogP contribution is 2.39. The lowest BCUT2D eigenvalue weighted by Gasteiger charge is -2.43. The van der Waals surface area contributed by atoms with Crippen molar-refractivity contribution in [1.82, 2.24) is 4.90 Å². The molecule has 3 aromatic carbocycles. The molecule has 4 rings (SSSR count). The standard InChI is InChI=1S/C32H41NO2/c1-30(2,3)26-18-20-29(21-19-26)32(35,33-24-11-6-12-25-33)23-13-22-31(34,27-14-7-4-8-15-27)28-16-9-5-10-17-28/h4-5,7-10,14-21,34-35H,6,11-13,22-25H2,1-3H3/t32-/m0/s1. The minimum Gasteiger partial charge on any atom is -0.380 e. The average Bonchev–Trinajstić information content (AvgIpc) is 2.89. The molecule has 0 unspecified atom stereocenters. The van der Waals surface area contributed by atoms with Gasteiger partial charge in [-0.1, -0.05) is 112 Å². The number of rotatable bonds is 8. The van der Waals surface area contributed by atoms with Gasteiger partial charge in [-0.2, -0.15) is 0 Å². The first-order valence-corrected chi connectivity index (χ1v) is 13.2. The Morgan fingerprint density at radius 1 is 0.600 bits per heavy atom. The zero-order chi connectivity index (χ0) is 24.9. The first-order chi connectivity index (χ1) is 16.7. The second-order valence-corrected chi connectivity index (χ2v) is 11.1. The van der Waals surface area contributed by atoms with Gasteiger partial charge in [-0.25, -0.2) is 0 Å². The van der Waals surface area contributed by atoms with E-state index in [1.807, 2.05) is 60.7 Å². The lowest BCUT2D eigenvalue weighted by molar-refractivity contribution is -0.132. The molecule has 1 aliphatic heterocycles. The van der Waals surface area contributed by atoms with Gasteiger partial charge in [0.05, 0.1) is 0 Å². The van der Waals surface area contributed by atoms with Crippen LogP contribution in [0.4, 0.5) is 0 Å². The molecule has 3 aromatic rings. The molecule has 1 atom stereocenters. The average molecular weight is 472 g/mol. The van der Waals surface area contributed by atoms with E-state index in [2.05, 4.69) is 49.9 Å².